The van der Waals surface area contributed by atoms with Gasteiger partial charge >= 0.3 is 10.1 Å². The summed E-state index contributed by atoms with van der Waals surface area (Å²) in [5.74, 6) is -1.00. The molecule has 1 fully saturated rings. The van der Waals surface area contributed by atoms with Gasteiger partial charge in [0.15, 0.2) is 0 Å². The molecule has 7 nitrogen and oxygen atoms in total. The summed E-state index contributed by atoms with van der Waals surface area (Å²) >= 11 is 0. The van der Waals surface area contributed by atoms with E-state index in [0.29, 0.717) is 11.1 Å². The van der Waals surface area contributed by atoms with E-state index >= 15 is 0 Å². The van der Waals surface area contributed by atoms with E-state index in [4.69, 9.17) is 8.92 Å². The number of hydrogen-bond donors (Lipinski definition) is 2. The molecular formula is C23H18FNO6S. The summed E-state index contributed by atoms with van der Waals surface area (Å²) in [6.07, 6.45) is -1.19. The molecule has 1 aromatic heterocycles. The van der Waals surface area contributed by atoms with Gasteiger partial charge in [-0.05, 0) is 52.6 Å². The van der Waals surface area contributed by atoms with E-state index in [1.54, 1.807) is 36.4 Å². The summed E-state index contributed by atoms with van der Waals surface area (Å²) in [4.78, 5) is 3.48. The number of aromatic hydroxyl groups is 2. The Morgan fingerprint density at radius 1 is 0.906 bits per heavy atom. The van der Waals surface area contributed by atoms with Gasteiger partial charge in [0, 0.05) is 12.5 Å². The SMILES string of the molecule is O=S(=O)(Oc1cccc(F)n1)[C@@H]1C[C@H]2O[C@@H]1C(c1ccc(O)cc1)=C2c1ccc(O)cc1. The highest BCUT2D eigenvalue weighted by atomic mass is 32.2. The van der Waals surface area contributed by atoms with Gasteiger partial charge in [0.25, 0.3) is 0 Å². The molecule has 0 saturated carbocycles. The molecule has 2 aliphatic rings. The third-order valence-corrected chi connectivity index (χ3v) is 7.19. The van der Waals surface area contributed by atoms with E-state index in [9.17, 15) is 23.0 Å². The number of phenols is 2. The minimum atomic E-state index is -4.20. The lowest BCUT2D eigenvalue weighted by Crippen LogP contribution is -2.35. The van der Waals surface area contributed by atoms with Crippen molar-refractivity contribution in [1.29, 1.82) is 0 Å². The summed E-state index contributed by atoms with van der Waals surface area (Å²) < 4.78 is 50.7. The number of hydrogen-bond acceptors (Lipinski definition) is 7. The lowest BCUT2D eigenvalue weighted by atomic mass is 9.83. The minimum Gasteiger partial charge on any atom is -0.508 e. The monoisotopic (exact) mass is 455 g/mol. The maximum absolute atomic E-state index is 13.4. The van der Waals surface area contributed by atoms with E-state index in [0.717, 1.165) is 17.2 Å². The Morgan fingerprint density at radius 2 is 1.50 bits per heavy atom. The van der Waals surface area contributed by atoms with Crippen LogP contribution in [-0.4, -0.2) is 41.1 Å². The Kier molecular flexibility index (Phi) is 4.87. The van der Waals surface area contributed by atoms with Crippen molar-refractivity contribution in [2.24, 2.45) is 0 Å². The summed E-state index contributed by atoms with van der Waals surface area (Å²) in [5.41, 5.74) is 2.97. The van der Waals surface area contributed by atoms with Gasteiger partial charge in [0.1, 0.15) is 22.9 Å². The van der Waals surface area contributed by atoms with Crippen molar-refractivity contribution >= 4 is 21.3 Å². The molecule has 3 aromatic rings. The molecule has 0 aliphatic carbocycles. The minimum absolute atomic E-state index is 0.0780. The number of benzene rings is 2. The summed E-state index contributed by atoms with van der Waals surface area (Å²) in [5, 5.41) is 18.3. The highest BCUT2D eigenvalue weighted by molar-refractivity contribution is 7.87. The maximum Gasteiger partial charge on any atom is 0.316 e. The van der Waals surface area contributed by atoms with Crippen molar-refractivity contribution in [3.63, 3.8) is 0 Å². The molecule has 164 valence electrons. The lowest BCUT2D eigenvalue weighted by Gasteiger charge is -2.24. The topological polar surface area (TPSA) is 106 Å². The predicted octanol–water partition coefficient (Wildman–Crippen LogP) is 3.49. The van der Waals surface area contributed by atoms with Crippen molar-refractivity contribution in [2.45, 2.75) is 23.9 Å². The fraction of sp³-hybridized carbons (Fsp3) is 0.174. The fourth-order valence-corrected chi connectivity index (χ4v) is 5.62. The van der Waals surface area contributed by atoms with Gasteiger partial charge in [-0.3, -0.25) is 0 Å². The average Bonchev–Trinajstić information content (AvgIpc) is 3.34. The summed E-state index contributed by atoms with van der Waals surface area (Å²) in [6.45, 7) is 0. The van der Waals surface area contributed by atoms with Crippen LogP contribution in [0.2, 0.25) is 0 Å². The zero-order valence-electron chi connectivity index (χ0n) is 16.6. The molecule has 2 aromatic carbocycles. The summed E-state index contributed by atoms with van der Waals surface area (Å²) in [6, 6.07) is 16.7. The first kappa shape index (κ1) is 20.5. The molecule has 0 unspecified atom stereocenters. The van der Waals surface area contributed by atoms with Crippen LogP contribution >= 0.6 is 0 Å². The number of phenolic OH excluding ortho intramolecular Hbond substituents is 2. The van der Waals surface area contributed by atoms with E-state index in [1.165, 1.54) is 24.3 Å². The van der Waals surface area contributed by atoms with Crippen LogP contribution in [0.3, 0.4) is 0 Å². The first-order valence-corrected chi connectivity index (χ1v) is 11.3. The molecule has 2 N–H and O–H groups in total. The van der Waals surface area contributed by atoms with Gasteiger partial charge in [0.05, 0.1) is 6.10 Å². The first-order valence-electron chi connectivity index (χ1n) is 9.86. The van der Waals surface area contributed by atoms with Crippen LogP contribution < -0.4 is 4.18 Å². The molecule has 0 spiro atoms. The molecule has 9 heteroatoms. The second kappa shape index (κ2) is 7.61. The smallest absolute Gasteiger partial charge is 0.316 e. The third-order valence-electron chi connectivity index (χ3n) is 5.61. The molecule has 1 saturated heterocycles. The number of halogens is 1. The Balaban J connectivity index is 1.56. The Hall–Kier alpha value is -3.43. The zero-order valence-corrected chi connectivity index (χ0v) is 17.4. The number of pyridine rings is 1. The number of rotatable bonds is 5. The number of ether oxygens (including phenoxy) is 1. The van der Waals surface area contributed by atoms with E-state index in [2.05, 4.69) is 4.98 Å². The third kappa shape index (κ3) is 3.59. The van der Waals surface area contributed by atoms with Gasteiger partial charge < -0.3 is 19.1 Å². The molecule has 3 atom stereocenters. The molecule has 0 radical (unpaired) electrons. The number of nitrogens with zero attached hydrogens (tertiary/aromatic N) is 1. The standard InChI is InChI=1S/C23H18FNO6S/c24-19-2-1-3-20(25-19)31-32(28,29)18-12-17-21(13-4-8-15(26)9-5-13)22(23(18)30-17)14-6-10-16(27)11-7-14/h1-11,17-18,23,26-27H,12H2/t17-,18-,23+/m1/s1. The largest absolute Gasteiger partial charge is 0.508 e. The van der Waals surface area contributed by atoms with Crippen LogP contribution in [0.1, 0.15) is 17.5 Å². The summed E-state index contributed by atoms with van der Waals surface area (Å²) in [7, 11) is -4.20. The van der Waals surface area contributed by atoms with E-state index in [-0.39, 0.29) is 23.8 Å². The van der Waals surface area contributed by atoms with Crippen molar-refractivity contribution in [3.8, 4) is 17.4 Å². The molecule has 2 aliphatic heterocycles. The highest BCUT2D eigenvalue weighted by Gasteiger charge is 2.53. The Bertz CT molecular complexity index is 1310. The molecule has 5 rings (SSSR count). The van der Waals surface area contributed by atoms with Gasteiger partial charge in [-0.1, -0.05) is 30.3 Å². The van der Waals surface area contributed by atoms with E-state index in [1.807, 2.05) is 0 Å². The van der Waals surface area contributed by atoms with E-state index < -0.39 is 33.5 Å². The van der Waals surface area contributed by atoms with Crippen LogP contribution in [0.15, 0.2) is 66.7 Å². The molecule has 32 heavy (non-hydrogen) atoms. The first-order chi connectivity index (χ1) is 15.3. The second-order valence-corrected chi connectivity index (χ2v) is 9.37. The van der Waals surface area contributed by atoms with Crippen molar-refractivity contribution in [2.75, 3.05) is 0 Å². The molecular weight excluding hydrogens is 437 g/mol. The fourth-order valence-electron chi connectivity index (χ4n) is 4.25. The van der Waals surface area contributed by atoms with Crippen molar-refractivity contribution < 1.29 is 31.9 Å². The number of aromatic nitrogens is 1. The second-order valence-electron chi connectivity index (χ2n) is 7.62. The van der Waals surface area contributed by atoms with Crippen LogP contribution in [-0.2, 0) is 14.9 Å². The molecule has 2 bridgehead atoms. The van der Waals surface area contributed by atoms with Gasteiger partial charge in [-0.15, -0.1) is 0 Å². The Labute approximate surface area is 183 Å². The normalized spacial score (nSPS) is 22.3. The lowest BCUT2D eigenvalue weighted by molar-refractivity contribution is 0.128. The van der Waals surface area contributed by atoms with Crippen LogP contribution in [0.25, 0.3) is 11.1 Å². The molecule has 3 heterocycles. The van der Waals surface area contributed by atoms with Crippen LogP contribution in [0.4, 0.5) is 4.39 Å². The van der Waals surface area contributed by atoms with Gasteiger partial charge in [-0.2, -0.15) is 17.8 Å². The van der Waals surface area contributed by atoms with Crippen LogP contribution in [0, 0.1) is 5.95 Å². The molecule has 0 amide bonds. The highest BCUT2D eigenvalue weighted by Crippen LogP contribution is 2.50. The zero-order chi connectivity index (χ0) is 22.5. The van der Waals surface area contributed by atoms with Crippen LogP contribution in [0.5, 0.6) is 17.4 Å². The number of fused-ring (bicyclic) bond motifs is 2. The quantitative estimate of drug-likeness (QED) is 0.448. The Morgan fingerprint density at radius 3 is 2.09 bits per heavy atom. The van der Waals surface area contributed by atoms with Gasteiger partial charge in [-0.25, -0.2) is 0 Å². The van der Waals surface area contributed by atoms with Gasteiger partial charge in [0.2, 0.25) is 11.8 Å². The van der Waals surface area contributed by atoms with Crippen molar-refractivity contribution in [3.05, 3.63) is 83.8 Å². The average molecular weight is 455 g/mol. The van der Waals surface area contributed by atoms with Crippen molar-refractivity contribution in [1.82, 2.24) is 4.98 Å². The maximum atomic E-state index is 13.4. The predicted molar refractivity (Wildman–Crippen MR) is 114 cm³/mol.